The van der Waals surface area contributed by atoms with Gasteiger partial charge in [0.2, 0.25) is 5.91 Å². The average molecular weight is 326 g/mol. The predicted octanol–water partition coefficient (Wildman–Crippen LogP) is 1.61. The van der Waals surface area contributed by atoms with Gasteiger partial charge in [-0.05, 0) is 38.7 Å². The van der Waals surface area contributed by atoms with E-state index in [-0.39, 0.29) is 16.5 Å². The summed E-state index contributed by atoms with van der Waals surface area (Å²) in [6, 6.07) is 4.91. The summed E-state index contributed by atoms with van der Waals surface area (Å²) in [6.07, 6.45) is 1.05. The number of nitrogens with one attached hydrogen (secondary N) is 1. The number of amides is 1. The highest BCUT2D eigenvalue weighted by Crippen LogP contribution is 2.21. The fourth-order valence-corrected chi connectivity index (χ4v) is 2.75. The molecule has 1 aliphatic heterocycles. The summed E-state index contributed by atoms with van der Waals surface area (Å²) in [5, 5.41) is 11.9. The van der Waals surface area contributed by atoms with Crippen molar-refractivity contribution in [3.63, 3.8) is 0 Å². The number of likely N-dealkylation sites (tertiary alicyclic amines) is 1. The van der Waals surface area contributed by atoms with Crippen molar-refractivity contribution in [2.24, 2.45) is 0 Å². The van der Waals surface area contributed by atoms with Crippen LogP contribution >= 0.6 is 11.6 Å². The van der Waals surface area contributed by atoms with Crippen molar-refractivity contribution in [1.29, 1.82) is 0 Å². The molecule has 2 N–H and O–H groups in total. The Morgan fingerprint density at radius 3 is 2.77 bits per heavy atom. The van der Waals surface area contributed by atoms with Gasteiger partial charge in [-0.25, -0.2) is 4.79 Å². The Morgan fingerprint density at radius 2 is 2.18 bits per heavy atom. The maximum absolute atomic E-state index is 12.1. The summed E-state index contributed by atoms with van der Waals surface area (Å²) in [6.45, 7) is 2.05. The van der Waals surface area contributed by atoms with Crippen LogP contribution in [0.5, 0.6) is 0 Å². The highest BCUT2D eigenvalue weighted by Gasteiger charge is 2.25. The third-order valence-corrected chi connectivity index (χ3v) is 4.16. The van der Waals surface area contributed by atoms with E-state index in [0.717, 1.165) is 19.5 Å². The number of anilines is 1. The zero-order chi connectivity index (χ0) is 16.3. The molecule has 7 heteroatoms. The zero-order valence-corrected chi connectivity index (χ0v) is 13.4. The minimum absolute atomic E-state index is 0.0201. The van der Waals surface area contributed by atoms with Crippen molar-refractivity contribution in [3.8, 4) is 0 Å². The van der Waals surface area contributed by atoms with Crippen molar-refractivity contribution < 1.29 is 14.7 Å². The van der Waals surface area contributed by atoms with Gasteiger partial charge in [0.25, 0.3) is 0 Å². The third-order valence-electron chi connectivity index (χ3n) is 3.83. The van der Waals surface area contributed by atoms with Crippen LogP contribution in [0.3, 0.4) is 0 Å². The first-order valence-corrected chi connectivity index (χ1v) is 7.46. The summed E-state index contributed by atoms with van der Waals surface area (Å²) in [4.78, 5) is 27.3. The number of rotatable bonds is 5. The van der Waals surface area contributed by atoms with Crippen molar-refractivity contribution in [2.45, 2.75) is 12.5 Å². The van der Waals surface area contributed by atoms with Crippen molar-refractivity contribution >= 4 is 29.2 Å². The van der Waals surface area contributed by atoms with Gasteiger partial charge in [-0.1, -0.05) is 11.6 Å². The molecule has 2 rings (SSSR count). The fourth-order valence-electron chi connectivity index (χ4n) is 2.55. The van der Waals surface area contributed by atoms with Crippen molar-refractivity contribution in [2.75, 3.05) is 39.0 Å². The first-order chi connectivity index (χ1) is 10.4. The smallest absolute Gasteiger partial charge is 0.337 e. The first-order valence-electron chi connectivity index (χ1n) is 7.08. The van der Waals surface area contributed by atoms with E-state index < -0.39 is 5.97 Å². The van der Waals surface area contributed by atoms with E-state index in [2.05, 4.69) is 15.1 Å². The van der Waals surface area contributed by atoms with E-state index in [1.165, 1.54) is 12.1 Å². The normalized spacial score (nSPS) is 18.6. The molecule has 22 heavy (non-hydrogen) atoms. The number of carbonyl (C=O) groups is 2. The highest BCUT2D eigenvalue weighted by molar-refractivity contribution is 6.33. The predicted molar refractivity (Wildman–Crippen MR) is 85.6 cm³/mol. The lowest BCUT2D eigenvalue weighted by atomic mass is 10.2. The third kappa shape index (κ3) is 4.19. The van der Waals surface area contributed by atoms with Crippen LogP contribution in [-0.4, -0.2) is 66.6 Å². The molecule has 1 saturated heterocycles. The van der Waals surface area contributed by atoms with Gasteiger partial charge in [-0.15, -0.1) is 0 Å². The second kappa shape index (κ2) is 7.09. The molecule has 1 aromatic carbocycles. The Labute approximate surface area is 134 Å². The second-order valence-corrected chi connectivity index (χ2v) is 6.10. The van der Waals surface area contributed by atoms with Crippen LogP contribution < -0.4 is 5.32 Å². The molecule has 1 aromatic rings. The molecule has 0 radical (unpaired) electrons. The van der Waals surface area contributed by atoms with Gasteiger partial charge < -0.3 is 15.3 Å². The number of hydrogen-bond donors (Lipinski definition) is 2. The van der Waals surface area contributed by atoms with Gasteiger partial charge in [-0.3, -0.25) is 9.69 Å². The molecule has 6 nitrogen and oxygen atoms in total. The lowest BCUT2D eigenvalue weighted by Gasteiger charge is -2.20. The number of carboxylic acid groups (broad SMARTS) is 1. The standard InChI is InChI=1S/C15H20ClN3O3/c1-18(2)11-5-6-19(8-11)9-14(20)17-10-3-4-13(16)12(7-10)15(21)22/h3-4,7,11H,5-6,8-9H2,1-2H3,(H,17,20)(H,21,22)/t11-/m1/s1. The van der Waals surface area contributed by atoms with Gasteiger partial charge in [0, 0.05) is 24.8 Å². The molecular formula is C15H20ClN3O3. The topological polar surface area (TPSA) is 72.9 Å². The summed E-state index contributed by atoms with van der Waals surface area (Å²) in [5.74, 6) is -1.27. The zero-order valence-electron chi connectivity index (χ0n) is 12.7. The number of hydrogen-bond acceptors (Lipinski definition) is 4. The van der Waals surface area contributed by atoms with E-state index >= 15 is 0 Å². The highest BCUT2D eigenvalue weighted by atomic mass is 35.5. The summed E-state index contributed by atoms with van der Waals surface area (Å²) >= 11 is 5.80. The number of aromatic carboxylic acids is 1. The molecule has 0 unspecified atom stereocenters. The number of halogens is 1. The molecule has 0 aromatic heterocycles. The van der Waals surface area contributed by atoms with Crippen molar-refractivity contribution in [1.82, 2.24) is 9.80 Å². The monoisotopic (exact) mass is 325 g/mol. The number of carboxylic acids is 1. The van der Waals surface area contributed by atoms with Crippen LogP contribution in [0.15, 0.2) is 18.2 Å². The van der Waals surface area contributed by atoms with Gasteiger partial charge in [0.15, 0.2) is 0 Å². The molecule has 1 aliphatic rings. The summed E-state index contributed by atoms with van der Waals surface area (Å²) in [5.41, 5.74) is 0.420. The Morgan fingerprint density at radius 1 is 1.45 bits per heavy atom. The number of benzene rings is 1. The maximum atomic E-state index is 12.1. The van der Waals surface area contributed by atoms with Gasteiger partial charge in [-0.2, -0.15) is 0 Å². The van der Waals surface area contributed by atoms with E-state index in [9.17, 15) is 9.59 Å². The van der Waals surface area contributed by atoms with E-state index in [0.29, 0.717) is 18.3 Å². The molecule has 0 aliphatic carbocycles. The van der Waals surface area contributed by atoms with Crippen molar-refractivity contribution in [3.05, 3.63) is 28.8 Å². The fraction of sp³-hybridized carbons (Fsp3) is 0.467. The first kappa shape index (κ1) is 16.7. The van der Waals surface area contributed by atoms with Crippen LogP contribution in [0.2, 0.25) is 5.02 Å². The molecule has 120 valence electrons. The number of nitrogens with zero attached hydrogens (tertiary/aromatic N) is 2. The molecular weight excluding hydrogens is 306 g/mol. The molecule has 0 spiro atoms. The molecule has 1 atom stereocenters. The Hall–Kier alpha value is -1.63. The quantitative estimate of drug-likeness (QED) is 0.860. The van der Waals surface area contributed by atoms with Crippen LogP contribution in [0.25, 0.3) is 0 Å². The molecule has 1 fully saturated rings. The Balaban J connectivity index is 1.93. The van der Waals surface area contributed by atoms with E-state index in [4.69, 9.17) is 16.7 Å². The number of likely N-dealkylation sites (N-methyl/N-ethyl adjacent to an activating group) is 1. The van der Waals surface area contributed by atoms with Gasteiger partial charge >= 0.3 is 5.97 Å². The average Bonchev–Trinajstić information content (AvgIpc) is 2.89. The second-order valence-electron chi connectivity index (χ2n) is 5.69. The lowest BCUT2D eigenvalue weighted by Crippen LogP contribution is -2.35. The maximum Gasteiger partial charge on any atom is 0.337 e. The summed E-state index contributed by atoms with van der Waals surface area (Å²) in [7, 11) is 4.07. The van der Waals surface area contributed by atoms with Crippen LogP contribution in [0.4, 0.5) is 5.69 Å². The lowest BCUT2D eigenvalue weighted by molar-refractivity contribution is -0.117. The Bertz CT molecular complexity index is 577. The number of carbonyl (C=O) groups excluding carboxylic acids is 1. The van der Waals surface area contributed by atoms with Crippen LogP contribution in [-0.2, 0) is 4.79 Å². The Kier molecular flexibility index (Phi) is 5.39. The largest absolute Gasteiger partial charge is 0.478 e. The van der Waals surface area contributed by atoms with E-state index in [1.54, 1.807) is 6.07 Å². The summed E-state index contributed by atoms with van der Waals surface area (Å²) < 4.78 is 0. The van der Waals surface area contributed by atoms with E-state index in [1.807, 2.05) is 14.1 Å². The SMILES string of the molecule is CN(C)[C@@H]1CCN(CC(=O)Nc2ccc(Cl)c(C(=O)O)c2)C1. The minimum atomic E-state index is -1.12. The van der Waals surface area contributed by atoms with Gasteiger partial charge in [0.05, 0.1) is 17.1 Å². The molecule has 0 saturated carbocycles. The molecule has 0 bridgehead atoms. The molecule has 1 heterocycles. The molecule has 1 amide bonds. The van der Waals surface area contributed by atoms with Gasteiger partial charge in [0.1, 0.15) is 0 Å². The minimum Gasteiger partial charge on any atom is -0.478 e. The van der Waals surface area contributed by atoms with Crippen LogP contribution in [0.1, 0.15) is 16.8 Å². The van der Waals surface area contributed by atoms with Crippen LogP contribution in [0, 0.1) is 0 Å².